The van der Waals surface area contributed by atoms with Crippen LogP contribution >= 0.6 is 0 Å². The van der Waals surface area contributed by atoms with Crippen molar-refractivity contribution >= 4 is 0 Å². The van der Waals surface area contributed by atoms with E-state index in [1.54, 1.807) is 36.0 Å². The predicted octanol–water partition coefficient (Wildman–Crippen LogP) is 1.92. The average molecular weight is 228 g/mol. The van der Waals surface area contributed by atoms with Gasteiger partial charge in [0.15, 0.2) is 11.9 Å². The molecule has 2 aromatic rings. The summed E-state index contributed by atoms with van der Waals surface area (Å²) in [6.07, 6.45) is -2.64. The highest BCUT2D eigenvalue weighted by molar-refractivity contribution is 5.50. The Labute approximate surface area is 89.5 Å². The van der Waals surface area contributed by atoms with Crippen molar-refractivity contribution in [2.24, 2.45) is 7.05 Å². The number of halogens is 3. The Morgan fingerprint density at radius 2 is 2.06 bits per heavy atom. The number of aromatic nitrogens is 3. The van der Waals surface area contributed by atoms with E-state index in [1.807, 2.05) is 5.10 Å². The summed E-state index contributed by atoms with van der Waals surface area (Å²) < 4.78 is 38.7. The maximum atomic E-state index is 12.3. The van der Waals surface area contributed by atoms with Crippen LogP contribution in [0.5, 0.6) is 0 Å². The van der Waals surface area contributed by atoms with Crippen molar-refractivity contribution in [2.75, 3.05) is 0 Å². The molecule has 2 heterocycles. The van der Waals surface area contributed by atoms with Gasteiger partial charge in [-0.25, -0.2) is 0 Å². The van der Waals surface area contributed by atoms with Gasteiger partial charge >= 0.3 is 6.18 Å². The Balaban J connectivity index is 2.44. The van der Waals surface area contributed by atoms with Crippen LogP contribution in [0.4, 0.5) is 13.2 Å². The lowest BCUT2D eigenvalue weighted by molar-refractivity contribution is -0.660. The molecule has 0 aliphatic rings. The normalized spacial score (nSPS) is 11.8. The second kappa shape index (κ2) is 3.62. The van der Waals surface area contributed by atoms with Crippen molar-refractivity contribution < 1.29 is 17.7 Å². The molecule has 6 heteroatoms. The maximum Gasteiger partial charge on any atom is 0.432 e. The van der Waals surface area contributed by atoms with Crippen molar-refractivity contribution in [2.45, 2.75) is 6.18 Å². The molecule has 1 N–H and O–H groups in total. The molecule has 84 valence electrons. The van der Waals surface area contributed by atoms with Gasteiger partial charge < -0.3 is 0 Å². The quantitative estimate of drug-likeness (QED) is 0.743. The zero-order valence-corrected chi connectivity index (χ0v) is 8.42. The van der Waals surface area contributed by atoms with E-state index in [1.165, 1.54) is 0 Å². The number of aryl methyl sites for hydroxylation is 1. The van der Waals surface area contributed by atoms with E-state index in [0.29, 0.717) is 5.69 Å². The Morgan fingerprint density at radius 1 is 1.31 bits per heavy atom. The number of alkyl halides is 3. The molecular weight excluding hydrogens is 219 g/mol. The fourth-order valence-corrected chi connectivity index (χ4v) is 1.39. The number of H-pyrrole nitrogens is 1. The fourth-order valence-electron chi connectivity index (χ4n) is 1.39. The smallest absolute Gasteiger partial charge is 0.273 e. The van der Waals surface area contributed by atoms with Gasteiger partial charge in [-0.1, -0.05) is 0 Å². The number of hydrogen-bond donors (Lipinski definition) is 1. The molecule has 0 radical (unpaired) electrons. The first kappa shape index (κ1) is 10.7. The van der Waals surface area contributed by atoms with Gasteiger partial charge in [0.1, 0.15) is 12.7 Å². The summed E-state index contributed by atoms with van der Waals surface area (Å²) in [5, 5.41) is 5.63. The molecule has 0 spiro atoms. The molecule has 0 bridgehead atoms. The van der Waals surface area contributed by atoms with Crippen molar-refractivity contribution in [1.82, 2.24) is 10.2 Å². The van der Waals surface area contributed by atoms with Gasteiger partial charge in [-0.15, -0.1) is 0 Å². The minimum absolute atomic E-state index is 0.274. The molecule has 0 atom stereocenters. The number of pyridine rings is 1. The first-order valence-corrected chi connectivity index (χ1v) is 4.56. The third kappa shape index (κ3) is 1.91. The first-order valence-electron chi connectivity index (χ1n) is 4.56. The summed E-state index contributed by atoms with van der Waals surface area (Å²) in [5.74, 6) is 0. The second-order valence-corrected chi connectivity index (χ2v) is 3.36. The minimum atomic E-state index is -4.39. The van der Waals surface area contributed by atoms with Gasteiger partial charge in [0.25, 0.3) is 0 Å². The zero-order chi connectivity index (χ0) is 11.8. The average Bonchev–Trinajstić information content (AvgIpc) is 2.66. The topological polar surface area (TPSA) is 32.6 Å². The van der Waals surface area contributed by atoms with E-state index in [4.69, 9.17) is 0 Å². The number of rotatable bonds is 1. The van der Waals surface area contributed by atoms with Crippen LogP contribution in [0.25, 0.3) is 11.4 Å². The van der Waals surface area contributed by atoms with Crippen molar-refractivity contribution in [3.8, 4) is 11.4 Å². The standard InChI is InChI=1S/C10H8F3N3/c1-16-5-3-2-4-8(16)7-6-9(15-14-7)10(11,12)13/h2-6H,1H3/p+1. The molecule has 3 nitrogen and oxygen atoms in total. The van der Waals surface area contributed by atoms with E-state index in [9.17, 15) is 13.2 Å². The summed E-state index contributed by atoms with van der Waals surface area (Å²) >= 11 is 0. The minimum Gasteiger partial charge on any atom is -0.273 e. The molecule has 0 amide bonds. The van der Waals surface area contributed by atoms with Crippen LogP contribution in [0.3, 0.4) is 0 Å². The molecule has 0 aliphatic carbocycles. The van der Waals surface area contributed by atoms with Crippen LogP contribution in [0.15, 0.2) is 30.5 Å². The van der Waals surface area contributed by atoms with E-state index < -0.39 is 11.9 Å². The van der Waals surface area contributed by atoms with Crippen molar-refractivity contribution in [1.29, 1.82) is 0 Å². The van der Waals surface area contributed by atoms with E-state index in [0.717, 1.165) is 6.07 Å². The largest absolute Gasteiger partial charge is 0.432 e. The van der Waals surface area contributed by atoms with E-state index in [2.05, 4.69) is 5.10 Å². The lowest BCUT2D eigenvalue weighted by atomic mass is 10.2. The molecule has 0 unspecified atom stereocenters. The van der Waals surface area contributed by atoms with Gasteiger partial charge in [0.2, 0.25) is 5.69 Å². The molecule has 0 saturated carbocycles. The molecule has 2 rings (SSSR count). The van der Waals surface area contributed by atoms with Gasteiger partial charge in [-0.3, -0.25) is 5.10 Å². The number of hydrogen-bond acceptors (Lipinski definition) is 1. The lowest BCUT2D eigenvalue weighted by Crippen LogP contribution is -2.29. The molecule has 0 fully saturated rings. The van der Waals surface area contributed by atoms with Gasteiger partial charge in [-0.05, 0) is 6.07 Å². The number of nitrogens with one attached hydrogen (secondary N) is 1. The van der Waals surface area contributed by atoms with Crippen LogP contribution in [0, 0.1) is 0 Å². The van der Waals surface area contributed by atoms with Crippen molar-refractivity contribution in [3.05, 3.63) is 36.2 Å². The van der Waals surface area contributed by atoms with Crippen LogP contribution in [-0.4, -0.2) is 10.2 Å². The monoisotopic (exact) mass is 228 g/mol. The van der Waals surface area contributed by atoms with E-state index >= 15 is 0 Å². The van der Waals surface area contributed by atoms with E-state index in [-0.39, 0.29) is 5.69 Å². The maximum absolute atomic E-state index is 12.3. The molecule has 0 aliphatic heterocycles. The fraction of sp³-hybridized carbons (Fsp3) is 0.200. The number of nitrogens with zero attached hydrogens (tertiary/aromatic N) is 2. The molecule has 2 aromatic heterocycles. The zero-order valence-electron chi connectivity index (χ0n) is 8.42. The molecular formula is C10H9F3N3+. The highest BCUT2D eigenvalue weighted by Crippen LogP contribution is 2.29. The van der Waals surface area contributed by atoms with Gasteiger partial charge in [0, 0.05) is 18.2 Å². The lowest BCUT2D eigenvalue weighted by Gasteiger charge is -1.99. The Kier molecular flexibility index (Phi) is 2.41. The van der Waals surface area contributed by atoms with Gasteiger partial charge in [0.05, 0.1) is 0 Å². The molecule has 16 heavy (non-hydrogen) atoms. The highest BCUT2D eigenvalue weighted by atomic mass is 19.4. The second-order valence-electron chi connectivity index (χ2n) is 3.36. The van der Waals surface area contributed by atoms with Crippen LogP contribution in [0.2, 0.25) is 0 Å². The van der Waals surface area contributed by atoms with Crippen LogP contribution < -0.4 is 4.57 Å². The van der Waals surface area contributed by atoms with Crippen LogP contribution in [0.1, 0.15) is 5.69 Å². The Bertz CT molecular complexity index is 502. The molecule has 0 saturated heterocycles. The summed E-state index contributed by atoms with van der Waals surface area (Å²) in [4.78, 5) is 0. The summed E-state index contributed by atoms with van der Waals surface area (Å²) in [7, 11) is 1.75. The third-order valence-electron chi connectivity index (χ3n) is 2.20. The summed E-state index contributed by atoms with van der Waals surface area (Å²) in [6, 6.07) is 6.24. The van der Waals surface area contributed by atoms with Crippen molar-refractivity contribution in [3.63, 3.8) is 0 Å². The summed E-state index contributed by atoms with van der Waals surface area (Å²) in [6.45, 7) is 0. The Morgan fingerprint density at radius 3 is 2.62 bits per heavy atom. The Hall–Kier alpha value is -1.85. The first-order chi connectivity index (χ1) is 7.48. The predicted molar refractivity (Wildman–Crippen MR) is 50.2 cm³/mol. The third-order valence-corrected chi connectivity index (χ3v) is 2.20. The summed E-state index contributed by atoms with van der Waals surface area (Å²) in [5.41, 5.74) is 0.0519. The molecule has 0 aromatic carbocycles. The SMILES string of the molecule is C[n+]1ccccc1-c1cc(C(F)(F)F)[nH]n1. The van der Waals surface area contributed by atoms with Gasteiger partial charge in [-0.2, -0.15) is 22.8 Å². The number of aromatic amines is 1. The highest BCUT2D eigenvalue weighted by Gasteiger charge is 2.33. The van der Waals surface area contributed by atoms with Crippen LogP contribution in [-0.2, 0) is 13.2 Å².